The highest BCUT2D eigenvalue weighted by atomic mass is 31.2. The van der Waals surface area contributed by atoms with Crippen LogP contribution in [0.2, 0.25) is 0 Å². The Hall–Kier alpha value is 0.110. The number of hydrogen-bond donors (Lipinski definition) is 0. The van der Waals surface area contributed by atoms with Crippen molar-refractivity contribution in [2.75, 3.05) is 39.0 Å². The van der Waals surface area contributed by atoms with Crippen LogP contribution in [0.1, 0.15) is 207 Å². The van der Waals surface area contributed by atoms with Crippen LogP contribution < -0.4 is 0 Å². The first kappa shape index (κ1) is 43.3. The molecular formula is C42H84NO3P. The highest BCUT2D eigenvalue weighted by Crippen LogP contribution is 2.50. The van der Waals surface area contributed by atoms with E-state index in [1.54, 1.807) is 0 Å². The monoisotopic (exact) mass is 682 g/mol. The van der Waals surface area contributed by atoms with Gasteiger partial charge in [-0.15, -0.1) is 0 Å². The van der Waals surface area contributed by atoms with Crippen LogP contribution in [0.15, 0.2) is 0 Å². The van der Waals surface area contributed by atoms with Gasteiger partial charge < -0.3 is 13.9 Å². The summed E-state index contributed by atoms with van der Waals surface area (Å²) in [5.74, 6) is 2.86. The van der Waals surface area contributed by atoms with E-state index in [1.807, 2.05) is 0 Å². The average molecular weight is 682 g/mol. The summed E-state index contributed by atoms with van der Waals surface area (Å²) in [4.78, 5) is 2.66. The van der Waals surface area contributed by atoms with Gasteiger partial charge in [-0.25, -0.2) is 0 Å². The van der Waals surface area contributed by atoms with Crippen molar-refractivity contribution in [1.29, 1.82) is 0 Å². The summed E-state index contributed by atoms with van der Waals surface area (Å²) in [6, 6.07) is 0. The molecule has 1 heterocycles. The van der Waals surface area contributed by atoms with Gasteiger partial charge in [0.25, 0.3) is 0 Å². The molecule has 2 rings (SSSR count). The van der Waals surface area contributed by atoms with Crippen molar-refractivity contribution < 1.29 is 13.6 Å². The highest BCUT2D eigenvalue weighted by Gasteiger charge is 2.36. The molecule has 4 nitrogen and oxygen atoms in total. The third-order valence-corrected chi connectivity index (χ3v) is 13.5. The molecule has 0 aromatic rings. The van der Waals surface area contributed by atoms with Crippen LogP contribution in [0.4, 0.5) is 0 Å². The summed E-state index contributed by atoms with van der Waals surface area (Å²) in [6.07, 6.45) is 37.0. The second-order valence-corrected chi connectivity index (χ2v) is 18.2. The Bertz CT molecular complexity index is 695. The Balaban J connectivity index is 1.98. The first-order chi connectivity index (χ1) is 23.0. The number of rotatable bonds is 34. The van der Waals surface area contributed by atoms with Crippen molar-refractivity contribution in [1.82, 2.24) is 4.90 Å². The smallest absolute Gasteiger partial charge is 0.308 e. The zero-order chi connectivity index (χ0) is 33.8. The molecule has 0 bridgehead atoms. The molecule has 4 unspecified atom stereocenters. The van der Waals surface area contributed by atoms with Crippen LogP contribution >= 0.6 is 7.60 Å². The molecular weight excluding hydrogens is 597 g/mol. The molecule has 2 fully saturated rings. The molecule has 2 aliphatic rings. The highest BCUT2D eigenvalue weighted by molar-refractivity contribution is 7.53. The van der Waals surface area contributed by atoms with Gasteiger partial charge >= 0.3 is 7.60 Å². The van der Waals surface area contributed by atoms with E-state index in [2.05, 4.69) is 32.6 Å². The fraction of sp³-hybridized carbons (Fsp3) is 1.00. The standard InChI is InChI=1S/C42H84NO3P/c1-5-9-13-17-19-23-29-39(27-21-15-11-7-3)37-45-47(44,34-26-33-43-35-41-31-25-32-42(41)36-43)46-38-40(28-22-16-12-8-4)30-24-20-18-14-10-6-2/h39-42H,5-38H2,1-4H3. The Kier molecular flexibility index (Phi) is 26.5. The van der Waals surface area contributed by atoms with Gasteiger partial charge in [0.15, 0.2) is 0 Å². The van der Waals surface area contributed by atoms with Crippen molar-refractivity contribution in [2.45, 2.75) is 207 Å². The summed E-state index contributed by atoms with van der Waals surface area (Å²) in [7, 11) is -3.13. The predicted octanol–water partition coefficient (Wildman–Crippen LogP) is 14.0. The Labute approximate surface area is 295 Å². The minimum absolute atomic E-state index is 0.515. The van der Waals surface area contributed by atoms with Gasteiger partial charge in [0.1, 0.15) is 0 Å². The molecule has 0 amide bonds. The molecule has 0 spiro atoms. The lowest BCUT2D eigenvalue weighted by Gasteiger charge is -2.26. The Morgan fingerprint density at radius 2 is 0.894 bits per heavy atom. The molecule has 1 aliphatic carbocycles. The molecule has 1 saturated carbocycles. The Morgan fingerprint density at radius 3 is 1.30 bits per heavy atom. The van der Waals surface area contributed by atoms with E-state index >= 15 is 0 Å². The first-order valence-electron chi connectivity index (χ1n) is 21.6. The largest absolute Gasteiger partial charge is 0.330 e. The predicted molar refractivity (Wildman–Crippen MR) is 207 cm³/mol. The fourth-order valence-corrected chi connectivity index (χ4v) is 10.1. The SMILES string of the molecule is CCCCCCCCC(CCCCCC)COP(=O)(CCCN1CC2CCCC2C1)OCC(CCCCCC)CCCCCCCC. The van der Waals surface area contributed by atoms with E-state index in [1.165, 1.54) is 186 Å². The van der Waals surface area contributed by atoms with E-state index in [0.29, 0.717) is 31.2 Å². The molecule has 0 N–H and O–H groups in total. The number of fused-ring (bicyclic) bond motifs is 1. The third-order valence-electron chi connectivity index (χ3n) is 11.6. The van der Waals surface area contributed by atoms with Gasteiger partial charge in [0.05, 0.1) is 19.4 Å². The summed E-state index contributed by atoms with van der Waals surface area (Å²) >= 11 is 0. The normalized spacial score (nSPS) is 20.9. The molecule has 0 aromatic heterocycles. The lowest BCUT2D eigenvalue weighted by Crippen LogP contribution is -2.24. The van der Waals surface area contributed by atoms with Crippen LogP contribution in [-0.2, 0) is 13.6 Å². The number of likely N-dealkylation sites (tertiary alicyclic amines) is 1. The van der Waals surface area contributed by atoms with Crippen molar-refractivity contribution in [3.63, 3.8) is 0 Å². The lowest BCUT2D eigenvalue weighted by atomic mass is 9.95. The van der Waals surface area contributed by atoms with Crippen LogP contribution in [0.5, 0.6) is 0 Å². The zero-order valence-electron chi connectivity index (χ0n) is 32.5. The van der Waals surface area contributed by atoms with E-state index in [0.717, 1.165) is 24.8 Å². The van der Waals surface area contributed by atoms with Crippen molar-refractivity contribution in [2.24, 2.45) is 23.7 Å². The second-order valence-electron chi connectivity index (χ2n) is 16.0. The van der Waals surface area contributed by atoms with Crippen LogP contribution in [-0.4, -0.2) is 43.9 Å². The van der Waals surface area contributed by atoms with Crippen molar-refractivity contribution in [3.8, 4) is 0 Å². The maximum atomic E-state index is 14.6. The average Bonchev–Trinajstić information content (AvgIpc) is 3.67. The molecule has 47 heavy (non-hydrogen) atoms. The quantitative estimate of drug-likeness (QED) is 0.0500. The minimum Gasteiger partial charge on any atom is -0.308 e. The van der Waals surface area contributed by atoms with Crippen LogP contribution in [0.3, 0.4) is 0 Å². The van der Waals surface area contributed by atoms with Gasteiger partial charge in [-0.05, 0) is 75.2 Å². The van der Waals surface area contributed by atoms with Crippen molar-refractivity contribution >= 4 is 7.60 Å². The molecule has 1 saturated heterocycles. The molecule has 280 valence electrons. The number of nitrogens with zero attached hydrogens (tertiary/aromatic N) is 1. The maximum absolute atomic E-state index is 14.6. The van der Waals surface area contributed by atoms with E-state index in [4.69, 9.17) is 9.05 Å². The molecule has 5 heteroatoms. The molecule has 0 aromatic carbocycles. The van der Waals surface area contributed by atoms with Crippen LogP contribution in [0.25, 0.3) is 0 Å². The lowest BCUT2D eigenvalue weighted by molar-refractivity contribution is 0.145. The first-order valence-corrected chi connectivity index (χ1v) is 23.4. The maximum Gasteiger partial charge on any atom is 0.330 e. The van der Waals surface area contributed by atoms with Gasteiger partial charge in [0, 0.05) is 13.1 Å². The summed E-state index contributed by atoms with van der Waals surface area (Å²) < 4.78 is 27.7. The molecule has 0 radical (unpaired) electrons. The van der Waals surface area contributed by atoms with Gasteiger partial charge in [0.2, 0.25) is 0 Å². The second kappa shape index (κ2) is 28.8. The number of unbranched alkanes of at least 4 members (excludes halogenated alkanes) is 16. The Morgan fingerprint density at radius 1 is 0.532 bits per heavy atom. The summed E-state index contributed by atoms with van der Waals surface area (Å²) in [5.41, 5.74) is 0. The van der Waals surface area contributed by atoms with Gasteiger partial charge in [-0.2, -0.15) is 0 Å². The van der Waals surface area contributed by atoms with Gasteiger partial charge in [-0.3, -0.25) is 4.57 Å². The molecule has 4 atom stereocenters. The fourth-order valence-electron chi connectivity index (χ4n) is 8.38. The topological polar surface area (TPSA) is 38.8 Å². The van der Waals surface area contributed by atoms with Crippen molar-refractivity contribution in [3.05, 3.63) is 0 Å². The number of hydrogen-bond acceptors (Lipinski definition) is 4. The zero-order valence-corrected chi connectivity index (χ0v) is 33.4. The van der Waals surface area contributed by atoms with Crippen LogP contribution in [0, 0.1) is 23.7 Å². The third kappa shape index (κ3) is 21.2. The minimum atomic E-state index is -3.13. The van der Waals surface area contributed by atoms with E-state index < -0.39 is 7.60 Å². The summed E-state index contributed by atoms with van der Waals surface area (Å²) in [6.45, 7) is 14.0. The molecule has 1 aliphatic heterocycles. The summed E-state index contributed by atoms with van der Waals surface area (Å²) in [5, 5.41) is 0. The van der Waals surface area contributed by atoms with E-state index in [-0.39, 0.29) is 0 Å². The van der Waals surface area contributed by atoms with Gasteiger partial charge in [-0.1, -0.05) is 163 Å². The van der Waals surface area contributed by atoms with E-state index in [9.17, 15) is 4.57 Å².